The second-order valence-corrected chi connectivity index (χ2v) is 7.71. The second-order valence-electron chi connectivity index (χ2n) is 5.97. The normalized spacial score (nSPS) is 11.2. The fourth-order valence-corrected chi connectivity index (χ4v) is 2.76. The van der Waals surface area contributed by atoms with Gasteiger partial charge < -0.3 is 10.6 Å². The van der Waals surface area contributed by atoms with Gasteiger partial charge in [-0.2, -0.15) is 63.4 Å². The van der Waals surface area contributed by atoms with Crippen LogP contribution in [0.1, 0.15) is 24.8 Å². The molecule has 0 heterocycles. The molecule has 1 fully saturated rings. The van der Waals surface area contributed by atoms with Gasteiger partial charge in [0.1, 0.15) is 0 Å². The van der Waals surface area contributed by atoms with Crippen LogP contribution < -0.4 is 0 Å². The van der Waals surface area contributed by atoms with Crippen molar-refractivity contribution in [2.24, 2.45) is 0 Å². The van der Waals surface area contributed by atoms with Crippen molar-refractivity contribution in [3.63, 3.8) is 0 Å². The van der Waals surface area contributed by atoms with Gasteiger partial charge >= 0.3 is 46.7 Å². The molecule has 0 bridgehead atoms. The maximum absolute atomic E-state index is 3.50. The van der Waals surface area contributed by atoms with Crippen molar-refractivity contribution in [2.75, 3.05) is 28.2 Å². The Bertz CT molecular complexity index is 630. The van der Waals surface area contributed by atoms with Crippen LogP contribution in [0.2, 0.25) is 0 Å². The first kappa shape index (κ1) is 24.9. The second kappa shape index (κ2) is 17.3. The monoisotopic (exact) mass is 426 g/mol. The molecule has 0 aromatic heterocycles. The molecule has 0 saturated heterocycles. The zero-order chi connectivity index (χ0) is 19.6. The fraction of sp³-hybridized carbons (Fsp3) is 0.348. The van der Waals surface area contributed by atoms with E-state index < -0.39 is 0 Å². The summed E-state index contributed by atoms with van der Waals surface area (Å²) in [6.45, 7) is 2.08. The fourth-order valence-electron chi connectivity index (χ4n) is 1.89. The van der Waals surface area contributed by atoms with Crippen LogP contribution in [-0.4, -0.2) is 31.4 Å². The maximum Gasteiger partial charge on any atom is -0.0809 e. The molecule has 2 nitrogen and oxygen atoms in total. The van der Waals surface area contributed by atoms with E-state index in [1.807, 2.05) is 12.1 Å². The van der Waals surface area contributed by atoms with Crippen molar-refractivity contribution < 1.29 is 24.2 Å². The van der Waals surface area contributed by atoms with Gasteiger partial charge in [0.05, 0.1) is 0 Å². The molecule has 142 valence electrons. The summed E-state index contributed by atoms with van der Waals surface area (Å²) < 4.78 is 1.78. The number of benzene rings is 1. The summed E-state index contributed by atoms with van der Waals surface area (Å²) in [6.07, 6.45) is 4.36. The van der Waals surface area contributed by atoms with Gasteiger partial charge in [0.25, 0.3) is 0 Å². The van der Waals surface area contributed by atoms with Crippen molar-refractivity contribution in [2.45, 2.75) is 26.2 Å². The Morgan fingerprint density at radius 2 is 1.38 bits per heavy atom. The summed E-state index contributed by atoms with van der Waals surface area (Å²) in [5, 5.41) is 9.66. The molecule has 1 aliphatic carbocycles. The molecule has 3 aromatic rings. The van der Waals surface area contributed by atoms with E-state index in [4.69, 9.17) is 0 Å². The minimum Gasteiger partial charge on any atom is -0.168 e. The molecule has 4 rings (SSSR count). The molecular formula is C23H32N2Zr-4. The van der Waals surface area contributed by atoms with E-state index in [0.29, 0.717) is 0 Å². The summed E-state index contributed by atoms with van der Waals surface area (Å²) in [6, 6.07) is 22.9. The van der Waals surface area contributed by atoms with E-state index >= 15 is 0 Å². The van der Waals surface area contributed by atoms with Crippen LogP contribution in [0, 0.1) is 6.92 Å². The van der Waals surface area contributed by atoms with Crippen LogP contribution in [0.3, 0.4) is 0 Å². The van der Waals surface area contributed by atoms with E-state index in [9.17, 15) is 0 Å². The average Bonchev–Trinajstić information content (AvgIpc) is 3.26. The quantitative estimate of drug-likeness (QED) is 0.371. The Morgan fingerprint density at radius 1 is 0.885 bits per heavy atom. The van der Waals surface area contributed by atoms with Gasteiger partial charge in [-0.25, -0.2) is 12.1 Å². The minimum atomic E-state index is 1.33. The van der Waals surface area contributed by atoms with Crippen LogP contribution in [0.4, 0.5) is 0 Å². The van der Waals surface area contributed by atoms with Crippen LogP contribution >= 0.6 is 0 Å². The number of nitrogens with zero attached hydrogens (tertiary/aromatic N) is 2. The molecule has 0 unspecified atom stereocenters. The third-order valence-electron chi connectivity index (χ3n) is 3.33. The minimum absolute atomic E-state index is 1.33. The Labute approximate surface area is 175 Å². The van der Waals surface area contributed by atoms with Gasteiger partial charge in [-0.05, 0) is 0 Å². The summed E-state index contributed by atoms with van der Waals surface area (Å²) in [5.74, 6) is 0. The zero-order valence-electron chi connectivity index (χ0n) is 16.9. The van der Waals surface area contributed by atoms with Gasteiger partial charge in [-0.3, -0.25) is 0 Å². The van der Waals surface area contributed by atoms with Crippen LogP contribution in [0.15, 0.2) is 66.7 Å². The molecule has 1 aliphatic rings. The SMILES string of the molecule is C[N-]C.C[N-]C.C[c-]1cccc1.[Zr]=[C]1CCC1.c1ccc2[cH-]ccc2c1. The Balaban J connectivity index is 0.000000325. The topological polar surface area (TPSA) is 28.2 Å². The molecule has 0 amide bonds. The molecule has 3 aromatic carbocycles. The van der Waals surface area contributed by atoms with E-state index in [1.54, 1.807) is 55.6 Å². The van der Waals surface area contributed by atoms with Crippen LogP contribution in [0.25, 0.3) is 21.4 Å². The van der Waals surface area contributed by atoms with E-state index in [0.717, 1.165) is 0 Å². The van der Waals surface area contributed by atoms with Gasteiger partial charge in [-0.15, -0.1) is 29.7 Å². The predicted octanol–water partition coefficient (Wildman–Crippen LogP) is 6.40. The van der Waals surface area contributed by atoms with Gasteiger partial charge in [0.2, 0.25) is 0 Å². The van der Waals surface area contributed by atoms with Gasteiger partial charge in [0, 0.05) is 0 Å². The number of aryl methyl sites for hydroxylation is 1. The average molecular weight is 428 g/mol. The van der Waals surface area contributed by atoms with Crippen molar-refractivity contribution in [1.82, 2.24) is 0 Å². The zero-order valence-corrected chi connectivity index (χ0v) is 19.3. The number of rotatable bonds is 0. The number of fused-ring (bicyclic) bond motifs is 1. The maximum atomic E-state index is 3.50. The smallest absolute Gasteiger partial charge is 0.0809 e. The van der Waals surface area contributed by atoms with Crippen molar-refractivity contribution >= 4 is 14.0 Å². The Morgan fingerprint density at radius 3 is 1.73 bits per heavy atom. The molecular weight excluding hydrogens is 395 g/mol. The van der Waals surface area contributed by atoms with Gasteiger partial charge in [-0.1, -0.05) is 13.0 Å². The number of hydrogen-bond acceptors (Lipinski definition) is 0. The van der Waals surface area contributed by atoms with Crippen molar-refractivity contribution in [1.29, 1.82) is 0 Å². The van der Waals surface area contributed by atoms with Crippen LogP contribution in [-0.2, 0) is 24.2 Å². The molecule has 3 heteroatoms. The van der Waals surface area contributed by atoms with E-state index in [-0.39, 0.29) is 0 Å². The molecule has 0 radical (unpaired) electrons. The summed E-state index contributed by atoms with van der Waals surface area (Å²) >= 11 is 1.67. The molecule has 1 saturated carbocycles. The predicted molar refractivity (Wildman–Crippen MR) is 116 cm³/mol. The Kier molecular flexibility index (Phi) is 16.5. The molecule has 26 heavy (non-hydrogen) atoms. The molecule has 0 atom stereocenters. The summed E-state index contributed by atoms with van der Waals surface area (Å²) in [4.78, 5) is 0. The van der Waals surface area contributed by atoms with Crippen molar-refractivity contribution in [3.8, 4) is 0 Å². The van der Waals surface area contributed by atoms with Crippen molar-refractivity contribution in [3.05, 3.63) is 82.9 Å². The van der Waals surface area contributed by atoms with E-state index in [1.165, 1.54) is 35.6 Å². The molecule has 0 aliphatic heterocycles. The first-order chi connectivity index (χ1) is 12.6. The van der Waals surface area contributed by atoms with Crippen LogP contribution in [0.5, 0.6) is 0 Å². The molecule has 0 spiro atoms. The van der Waals surface area contributed by atoms with E-state index in [2.05, 4.69) is 72.2 Å². The third-order valence-corrected chi connectivity index (χ3v) is 4.56. The first-order valence-electron chi connectivity index (χ1n) is 8.89. The Hall–Kier alpha value is -1.15. The first-order valence-corrected chi connectivity index (χ1v) is 10.1. The standard InChI is InChI=1S/C9H7.C6H7.C4H6.2C2H6N.Zr/c1-2-5-9-7-3-6-8(9)4-1;1-6-4-2-3-5-6;1-2-4-3-1;2*1-3-2;/h1-7H;2-5H,1H3;1-3H2;2*1-2H3;/q2*-1;;2*-1;. The molecule has 0 N–H and O–H groups in total. The van der Waals surface area contributed by atoms with Gasteiger partial charge in [0.15, 0.2) is 0 Å². The summed E-state index contributed by atoms with van der Waals surface area (Å²) in [7, 11) is 7.00. The largest absolute Gasteiger partial charge is 0.168 e. The third kappa shape index (κ3) is 13.1. The number of hydrogen-bond donors (Lipinski definition) is 0. The summed E-state index contributed by atoms with van der Waals surface area (Å²) in [5.41, 5.74) is 1.34.